The smallest absolute Gasteiger partial charge is 0.257 e. The van der Waals surface area contributed by atoms with Crippen molar-refractivity contribution >= 4 is 16.8 Å². The molecule has 0 spiro atoms. The van der Waals surface area contributed by atoms with E-state index in [0.717, 1.165) is 22.4 Å². The third-order valence-electron chi connectivity index (χ3n) is 5.15. The zero-order valence-corrected chi connectivity index (χ0v) is 16.4. The first kappa shape index (κ1) is 18.8. The number of rotatable bonds is 7. The molecule has 1 amide bonds. The van der Waals surface area contributed by atoms with Gasteiger partial charge in [0.1, 0.15) is 5.75 Å². The summed E-state index contributed by atoms with van der Waals surface area (Å²) in [6, 6.07) is 26.2. The number of ether oxygens (including phenoxy) is 1. The van der Waals surface area contributed by atoms with E-state index in [1.807, 2.05) is 67.7 Å². The Balaban J connectivity index is 1.49. The highest BCUT2D eigenvalue weighted by Gasteiger charge is 2.19. The molecule has 29 heavy (non-hydrogen) atoms. The fraction of sp³-hybridized carbons (Fsp3) is 0.160. The number of aromatic amines is 1. The third-order valence-corrected chi connectivity index (χ3v) is 5.15. The highest BCUT2D eigenvalue weighted by Crippen LogP contribution is 2.30. The van der Waals surface area contributed by atoms with Gasteiger partial charge in [-0.05, 0) is 35.7 Å². The topological polar surface area (TPSA) is 54.1 Å². The number of amides is 1. The van der Waals surface area contributed by atoms with E-state index < -0.39 is 0 Å². The molecule has 4 heteroatoms. The standard InChI is InChI=1S/C25H24N2O2/c1-18-9-5-8-14-24(18)29-17-25(28)27-15-21(19-10-3-2-4-11-19)22-16-26-23-13-7-6-12-20(22)23/h2-14,16,21,26H,15,17H2,1H3,(H,27,28). The number of carbonyl (C=O) groups excluding carboxylic acids is 1. The minimum Gasteiger partial charge on any atom is -0.484 e. The predicted octanol–water partition coefficient (Wildman–Crippen LogP) is 4.80. The van der Waals surface area contributed by atoms with Gasteiger partial charge in [-0.2, -0.15) is 0 Å². The Kier molecular flexibility index (Phi) is 5.61. The molecule has 146 valence electrons. The highest BCUT2D eigenvalue weighted by molar-refractivity contribution is 5.84. The molecule has 0 fully saturated rings. The van der Waals surface area contributed by atoms with Crippen LogP contribution in [0.4, 0.5) is 0 Å². The van der Waals surface area contributed by atoms with Gasteiger partial charge in [-0.15, -0.1) is 0 Å². The van der Waals surface area contributed by atoms with Crippen molar-refractivity contribution < 1.29 is 9.53 Å². The van der Waals surface area contributed by atoms with Crippen molar-refractivity contribution in [2.45, 2.75) is 12.8 Å². The van der Waals surface area contributed by atoms with Crippen LogP contribution >= 0.6 is 0 Å². The number of nitrogens with one attached hydrogen (secondary N) is 2. The monoisotopic (exact) mass is 384 g/mol. The number of carbonyl (C=O) groups is 1. The van der Waals surface area contributed by atoms with E-state index in [9.17, 15) is 4.79 Å². The van der Waals surface area contributed by atoms with Crippen LogP contribution in [-0.2, 0) is 4.79 Å². The van der Waals surface area contributed by atoms with E-state index >= 15 is 0 Å². The van der Waals surface area contributed by atoms with Crippen LogP contribution in [0.25, 0.3) is 10.9 Å². The molecule has 1 atom stereocenters. The van der Waals surface area contributed by atoms with Crippen molar-refractivity contribution in [3.05, 3.63) is 102 Å². The summed E-state index contributed by atoms with van der Waals surface area (Å²) < 4.78 is 5.68. The van der Waals surface area contributed by atoms with Crippen LogP contribution in [0.2, 0.25) is 0 Å². The van der Waals surface area contributed by atoms with Gasteiger partial charge in [-0.1, -0.05) is 66.7 Å². The Morgan fingerprint density at radius 2 is 1.69 bits per heavy atom. The van der Waals surface area contributed by atoms with Crippen LogP contribution in [0.15, 0.2) is 85.1 Å². The van der Waals surface area contributed by atoms with E-state index in [0.29, 0.717) is 6.54 Å². The van der Waals surface area contributed by atoms with Crippen LogP contribution in [-0.4, -0.2) is 24.0 Å². The first-order valence-corrected chi connectivity index (χ1v) is 9.78. The summed E-state index contributed by atoms with van der Waals surface area (Å²) in [5.74, 6) is 0.655. The van der Waals surface area contributed by atoms with Gasteiger partial charge >= 0.3 is 0 Å². The van der Waals surface area contributed by atoms with Crippen LogP contribution < -0.4 is 10.1 Å². The second-order valence-corrected chi connectivity index (χ2v) is 7.11. The molecule has 3 aromatic carbocycles. The molecule has 4 rings (SSSR count). The molecular formula is C25H24N2O2. The maximum atomic E-state index is 12.5. The number of hydrogen-bond acceptors (Lipinski definition) is 2. The Morgan fingerprint density at radius 3 is 2.52 bits per heavy atom. The van der Waals surface area contributed by atoms with Gasteiger partial charge < -0.3 is 15.0 Å². The molecule has 1 unspecified atom stereocenters. The number of H-pyrrole nitrogens is 1. The number of para-hydroxylation sites is 2. The number of aromatic nitrogens is 1. The van der Waals surface area contributed by atoms with Crippen molar-refractivity contribution in [1.29, 1.82) is 0 Å². The Morgan fingerprint density at radius 1 is 0.966 bits per heavy atom. The molecule has 1 heterocycles. The van der Waals surface area contributed by atoms with E-state index in [4.69, 9.17) is 4.74 Å². The molecule has 2 N–H and O–H groups in total. The van der Waals surface area contributed by atoms with Gasteiger partial charge in [0, 0.05) is 29.6 Å². The lowest BCUT2D eigenvalue weighted by Crippen LogP contribution is -2.32. The number of aryl methyl sites for hydroxylation is 1. The van der Waals surface area contributed by atoms with Crippen LogP contribution in [0.3, 0.4) is 0 Å². The van der Waals surface area contributed by atoms with Gasteiger partial charge in [-0.3, -0.25) is 4.79 Å². The summed E-state index contributed by atoms with van der Waals surface area (Å²) in [6.07, 6.45) is 2.04. The van der Waals surface area contributed by atoms with E-state index in [1.54, 1.807) is 0 Å². The summed E-state index contributed by atoms with van der Waals surface area (Å²) in [5.41, 5.74) is 4.45. The van der Waals surface area contributed by atoms with Gasteiger partial charge in [0.15, 0.2) is 6.61 Å². The number of fused-ring (bicyclic) bond motifs is 1. The summed E-state index contributed by atoms with van der Waals surface area (Å²) in [7, 11) is 0. The molecule has 0 saturated carbocycles. The van der Waals surface area contributed by atoms with Crippen molar-refractivity contribution in [2.24, 2.45) is 0 Å². The van der Waals surface area contributed by atoms with Gasteiger partial charge in [-0.25, -0.2) is 0 Å². The van der Waals surface area contributed by atoms with Crippen LogP contribution in [0.1, 0.15) is 22.6 Å². The lowest BCUT2D eigenvalue weighted by atomic mass is 9.91. The Bertz CT molecular complexity index is 1100. The summed E-state index contributed by atoms with van der Waals surface area (Å²) in [5, 5.41) is 4.22. The van der Waals surface area contributed by atoms with Gasteiger partial charge in [0.25, 0.3) is 5.91 Å². The lowest BCUT2D eigenvalue weighted by Gasteiger charge is -2.18. The predicted molar refractivity (Wildman–Crippen MR) is 116 cm³/mol. The number of hydrogen-bond donors (Lipinski definition) is 2. The van der Waals surface area contributed by atoms with Crippen LogP contribution in [0.5, 0.6) is 5.75 Å². The molecule has 4 nitrogen and oxygen atoms in total. The highest BCUT2D eigenvalue weighted by atomic mass is 16.5. The van der Waals surface area contributed by atoms with Crippen LogP contribution in [0, 0.1) is 6.92 Å². The second-order valence-electron chi connectivity index (χ2n) is 7.11. The molecule has 4 aromatic rings. The lowest BCUT2D eigenvalue weighted by molar-refractivity contribution is -0.123. The molecule has 0 saturated heterocycles. The normalized spacial score (nSPS) is 11.9. The zero-order chi connectivity index (χ0) is 20.1. The van der Waals surface area contributed by atoms with E-state index in [-0.39, 0.29) is 18.4 Å². The summed E-state index contributed by atoms with van der Waals surface area (Å²) in [6.45, 7) is 2.47. The maximum absolute atomic E-state index is 12.5. The van der Waals surface area contributed by atoms with E-state index in [2.05, 4.69) is 34.6 Å². The number of benzene rings is 3. The van der Waals surface area contributed by atoms with Crippen molar-refractivity contribution in [3.8, 4) is 5.75 Å². The zero-order valence-electron chi connectivity index (χ0n) is 16.4. The molecule has 0 aliphatic heterocycles. The third kappa shape index (κ3) is 4.32. The minimum absolute atomic E-state index is 0.000246. The molecular weight excluding hydrogens is 360 g/mol. The van der Waals surface area contributed by atoms with Crippen molar-refractivity contribution in [3.63, 3.8) is 0 Å². The molecule has 0 aliphatic rings. The summed E-state index contributed by atoms with van der Waals surface area (Å²) >= 11 is 0. The van der Waals surface area contributed by atoms with E-state index in [1.165, 1.54) is 10.9 Å². The molecule has 1 aromatic heterocycles. The van der Waals surface area contributed by atoms with Gasteiger partial charge in [0.05, 0.1) is 0 Å². The van der Waals surface area contributed by atoms with Crippen molar-refractivity contribution in [1.82, 2.24) is 10.3 Å². The molecule has 0 radical (unpaired) electrons. The first-order chi connectivity index (χ1) is 14.2. The van der Waals surface area contributed by atoms with Gasteiger partial charge in [0.2, 0.25) is 0 Å². The Labute approximate surface area is 170 Å². The fourth-order valence-corrected chi connectivity index (χ4v) is 3.60. The van der Waals surface area contributed by atoms with Crippen molar-refractivity contribution in [2.75, 3.05) is 13.2 Å². The Hall–Kier alpha value is -3.53. The average molecular weight is 384 g/mol. The SMILES string of the molecule is Cc1ccccc1OCC(=O)NCC(c1ccccc1)c1c[nH]c2ccccc12. The minimum atomic E-state index is -0.131. The fourth-order valence-electron chi connectivity index (χ4n) is 3.60. The maximum Gasteiger partial charge on any atom is 0.257 e. The summed E-state index contributed by atoms with van der Waals surface area (Å²) in [4.78, 5) is 15.8. The quantitative estimate of drug-likeness (QED) is 0.481. The average Bonchev–Trinajstić information content (AvgIpc) is 3.18. The molecule has 0 bridgehead atoms. The molecule has 0 aliphatic carbocycles. The second kappa shape index (κ2) is 8.65. The first-order valence-electron chi connectivity index (χ1n) is 9.78. The largest absolute Gasteiger partial charge is 0.484 e.